The number of hydrogen-bond donors (Lipinski definition) is 2. The van der Waals surface area contributed by atoms with Crippen LogP contribution in [-0.4, -0.2) is 66.5 Å². The number of rotatable bonds is 5. The fraction of sp³-hybridized carbons (Fsp3) is 0.379. The van der Waals surface area contributed by atoms with E-state index in [-0.39, 0.29) is 11.8 Å². The lowest BCUT2D eigenvalue weighted by molar-refractivity contribution is -0.118. The van der Waals surface area contributed by atoms with E-state index in [4.69, 9.17) is 9.47 Å². The van der Waals surface area contributed by atoms with Crippen LogP contribution in [0.2, 0.25) is 0 Å². The van der Waals surface area contributed by atoms with E-state index in [1.165, 1.54) is 0 Å². The maximum atomic E-state index is 13.1. The quantitative estimate of drug-likeness (QED) is 0.402. The molecule has 0 bridgehead atoms. The molecule has 1 saturated heterocycles. The molecule has 2 aliphatic heterocycles. The van der Waals surface area contributed by atoms with Gasteiger partial charge in [0.2, 0.25) is 5.91 Å². The Morgan fingerprint density at radius 2 is 2.03 bits per heavy atom. The van der Waals surface area contributed by atoms with Crippen LogP contribution in [-0.2, 0) is 14.9 Å². The van der Waals surface area contributed by atoms with Crippen LogP contribution in [0.1, 0.15) is 35.4 Å². The van der Waals surface area contributed by atoms with Gasteiger partial charge in [-0.15, -0.1) is 0 Å². The summed E-state index contributed by atoms with van der Waals surface area (Å²) in [6.45, 7) is 5.26. The number of amides is 1. The summed E-state index contributed by atoms with van der Waals surface area (Å²) in [5.41, 5.74) is 4.42. The molecular formula is C29H31N7O3. The van der Waals surface area contributed by atoms with Crippen LogP contribution in [0.25, 0.3) is 10.9 Å². The first-order chi connectivity index (χ1) is 19.0. The highest BCUT2D eigenvalue weighted by molar-refractivity contribution is 6.10. The van der Waals surface area contributed by atoms with E-state index in [2.05, 4.69) is 55.5 Å². The average Bonchev–Trinajstić information content (AvgIpc) is 3.58. The average molecular weight is 526 g/mol. The molecule has 4 heterocycles. The molecule has 0 radical (unpaired) electrons. The van der Waals surface area contributed by atoms with Crippen LogP contribution in [0.5, 0.6) is 5.75 Å². The molecule has 2 aromatic carbocycles. The Kier molecular flexibility index (Phi) is 5.48. The van der Waals surface area contributed by atoms with Crippen molar-refractivity contribution in [1.82, 2.24) is 20.2 Å². The molecule has 2 fully saturated rings. The lowest BCUT2D eigenvalue weighted by Gasteiger charge is -2.25. The van der Waals surface area contributed by atoms with Gasteiger partial charge in [0.05, 0.1) is 24.6 Å². The van der Waals surface area contributed by atoms with Gasteiger partial charge < -0.3 is 24.6 Å². The third-order valence-corrected chi connectivity index (χ3v) is 8.48. The van der Waals surface area contributed by atoms with E-state index in [9.17, 15) is 4.79 Å². The number of ether oxygens (including phenoxy) is 2. The molecule has 2 atom stereocenters. The second-order valence-electron chi connectivity index (χ2n) is 10.6. The number of aromatic nitrogens is 4. The molecule has 2 N–H and O–H groups in total. The zero-order chi connectivity index (χ0) is 26.7. The molecule has 39 heavy (non-hydrogen) atoms. The minimum atomic E-state index is -0.538. The van der Waals surface area contributed by atoms with Crippen molar-refractivity contribution in [2.45, 2.75) is 31.1 Å². The number of anilines is 4. The van der Waals surface area contributed by atoms with Crippen molar-refractivity contribution in [3.8, 4) is 5.75 Å². The molecule has 3 aliphatic rings. The van der Waals surface area contributed by atoms with Crippen molar-refractivity contribution in [3.63, 3.8) is 0 Å². The fourth-order valence-corrected chi connectivity index (χ4v) is 6.34. The van der Waals surface area contributed by atoms with Gasteiger partial charge in [0.15, 0.2) is 5.82 Å². The van der Waals surface area contributed by atoms with Gasteiger partial charge in [-0.25, -0.2) is 9.97 Å². The molecule has 4 aromatic rings. The van der Waals surface area contributed by atoms with Crippen LogP contribution in [0.3, 0.4) is 0 Å². The summed E-state index contributed by atoms with van der Waals surface area (Å²) >= 11 is 0. The van der Waals surface area contributed by atoms with Gasteiger partial charge in [0, 0.05) is 49.3 Å². The summed E-state index contributed by atoms with van der Waals surface area (Å²) < 4.78 is 11.1. The van der Waals surface area contributed by atoms with Crippen LogP contribution in [0.4, 0.5) is 23.1 Å². The lowest BCUT2D eigenvalue weighted by Crippen LogP contribution is -2.28. The fourth-order valence-electron chi connectivity index (χ4n) is 6.34. The third kappa shape index (κ3) is 3.65. The number of nitrogens with zero attached hydrogens (tertiary/aromatic N) is 5. The Bertz CT molecular complexity index is 1590. The number of hydrogen-bond acceptors (Lipinski definition) is 8. The summed E-state index contributed by atoms with van der Waals surface area (Å²) in [5, 5.41) is 11.9. The zero-order valence-electron chi connectivity index (χ0n) is 22.3. The van der Waals surface area contributed by atoms with E-state index in [1.807, 2.05) is 30.1 Å². The number of carbonyl (C=O) groups excluding carboxylic acids is 1. The molecule has 1 saturated carbocycles. The SMILES string of the molecule is COc1ccc2c(c1)[C@]1(C[C@H]1c1ccc3c(N(C)c4ncnc(N5CCCOCC5)c4C)n[nH]c3c1)C(=O)N2. The van der Waals surface area contributed by atoms with E-state index in [0.29, 0.717) is 6.61 Å². The summed E-state index contributed by atoms with van der Waals surface area (Å²) in [4.78, 5) is 26.6. The number of benzene rings is 2. The van der Waals surface area contributed by atoms with E-state index in [0.717, 1.165) is 89.0 Å². The standard InChI is InChI=1S/C29H31N7O3/c1-17-25(30-16-31-26(17)36-9-4-11-39-12-10-36)35(2)27-20-7-5-18(13-24(20)33-34-27)22-15-29(22)21-14-19(38-3)6-8-23(21)32-28(29)37/h5-8,13-14,16,22H,4,9-12,15H2,1-3H3,(H,32,37)(H,33,34)/t22-,29-/m0/s1. The van der Waals surface area contributed by atoms with Gasteiger partial charge in [-0.05, 0) is 61.2 Å². The second-order valence-corrected chi connectivity index (χ2v) is 10.6. The molecule has 7 rings (SSSR count). The highest BCUT2D eigenvalue weighted by Crippen LogP contribution is 2.65. The van der Waals surface area contributed by atoms with Gasteiger partial charge in [0.1, 0.15) is 23.7 Å². The number of carbonyl (C=O) groups is 1. The van der Waals surface area contributed by atoms with E-state index >= 15 is 0 Å². The van der Waals surface area contributed by atoms with Gasteiger partial charge in [-0.2, -0.15) is 5.10 Å². The van der Waals surface area contributed by atoms with Crippen molar-refractivity contribution >= 4 is 40.0 Å². The van der Waals surface area contributed by atoms with E-state index in [1.54, 1.807) is 13.4 Å². The Balaban J connectivity index is 1.19. The van der Waals surface area contributed by atoms with Gasteiger partial charge >= 0.3 is 0 Å². The summed E-state index contributed by atoms with van der Waals surface area (Å²) in [7, 11) is 3.63. The number of nitrogens with one attached hydrogen (secondary N) is 2. The first-order valence-corrected chi connectivity index (χ1v) is 13.4. The van der Waals surface area contributed by atoms with Crippen molar-refractivity contribution < 1.29 is 14.3 Å². The van der Waals surface area contributed by atoms with Crippen molar-refractivity contribution in [3.05, 3.63) is 59.4 Å². The highest BCUT2D eigenvalue weighted by Gasteiger charge is 2.65. The number of aromatic amines is 1. The molecule has 0 unspecified atom stereocenters. The molecule has 200 valence electrons. The highest BCUT2D eigenvalue weighted by atomic mass is 16.5. The molecule has 10 heteroatoms. The minimum Gasteiger partial charge on any atom is -0.497 e. The Labute approximate surface area is 226 Å². The Morgan fingerprint density at radius 3 is 2.90 bits per heavy atom. The Morgan fingerprint density at radius 1 is 1.13 bits per heavy atom. The van der Waals surface area contributed by atoms with Crippen molar-refractivity contribution in [2.24, 2.45) is 0 Å². The predicted molar refractivity (Wildman–Crippen MR) is 149 cm³/mol. The normalized spacial score (nSPS) is 22.1. The molecule has 1 aliphatic carbocycles. The van der Waals surface area contributed by atoms with Crippen molar-refractivity contribution in [1.29, 1.82) is 0 Å². The number of H-pyrrole nitrogens is 1. The molecule has 1 spiro atoms. The Hall–Kier alpha value is -4.18. The minimum absolute atomic E-state index is 0.0619. The lowest BCUT2D eigenvalue weighted by atomic mass is 9.91. The first-order valence-electron chi connectivity index (χ1n) is 13.4. The predicted octanol–water partition coefficient (Wildman–Crippen LogP) is 4.04. The zero-order valence-corrected chi connectivity index (χ0v) is 22.3. The molecule has 1 amide bonds. The first kappa shape index (κ1) is 23.9. The summed E-state index contributed by atoms with van der Waals surface area (Å²) in [6, 6.07) is 12.1. The van der Waals surface area contributed by atoms with Crippen LogP contribution in [0, 0.1) is 6.92 Å². The van der Waals surface area contributed by atoms with Gasteiger partial charge in [-0.3, -0.25) is 9.89 Å². The maximum absolute atomic E-state index is 13.1. The molecule has 2 aromatic heterocycles. The van der Waals surface area contributed by atoms with Crippen LogP contribution in [0.15, 0.2) is 42.7 Å². The van der Waals surface area contributed by atoms with Gasteiger partial charge in [-0.1, -0.05) is 6.07 Å². The number of fused-ring (bicyclic) bond motifs is 3. The topological polar surface area (TPSA) is 108 Å². The summed E-state index contributed by atoms with van der Waals surface area (Å²) in [5.74, 6) is 3.47. The third-order valence-electron chi connectivity index (χ3n) is 8.48. The monoisotopic (exact) mass is 525 g/mol. The van der Waals surface area contributed by atoms with Crippen LogP contribution >= 0.6 is 0 Å². The van der Waals surface area contributed by atoms with Crippen LogP contribution < -0.4 is 19.9 Å². The van der Waals surface area contributed by atoms with E-state index < -0.39 is 5.41 Å². The summed E-state index contributed by atoms with van der Waals surface area (Å²) in [6.07, 6.45) is 3.37. The largest absolute Gasteiger partial charge is 0.497 e. The van der Waals surface area contributed by atoms with Crippen molar-refractivity contribution in [2.75, 3.05) is 55.6 Å². The van der Waals surface area contributed by atoms with Gasteiger partial charge in [0.25, 0.3) is 0 Å². The second kappa shape index (κ2) is 8.94. The molecule has 10 nitrogen and oxygen atoms in total. The molecular weight excluding hydrogens is 494 g/mol. The maximum Gasteiger partial charge on any atom is 0.235 e. The number of methoxy groups -OCH3 is 1. The smallest absolute Gasteiger partial charge is 0.235 e.